The topological polar surface area (TPSA) is 61.6 Å². The van der Waals surface area contributed by atoms with E-state index >= 15 is 0 Å². The van der Waals surface area contributed by atoms with Crippen LogP contribution in [0, 0.1) is 0 Å². The van der Waals surface area contributed by atoms with Crippen LogP contribution in [0.5, 0.6) is 0 Å². The standard InChI is InChI=1S/C18H24N4O2S/c1-13(17(23)19-14-4-5-14)22-8-6-21(7-9-22)11-15-12-25-18(20-15)16-3-2-10-24-16/h2-3,10,12-14H,4-9,11H2,1H3,(H,19,23). The molecule has 4 rings (SSSR count). The maximum atomic E-state index is 12.2. The van der Waals surface area contributed by atoms with Crippen LogP contribution >= 0.6 is 11.3 Å². The lowest BCUT2D eigenvalue weighted by Gasteiger charge is -2.37. The zero-order chi connectivity index (χ0) is 17.2. The number of hydrogen-bond acceptors (Lipinski definition) is 6. The Morgan fingerprint density at radius 3 is 2.88 bits per heavy atom. The van der Waals surface area contributed by atoms with Crippen LogP contribution in [0.15, 0.2) is 28.2 Å². The fourth-order valence-corrected chi connectivity index (χ4v) is 3.92. The Kier molecular flexibility index (Phi) is 4.87. The van der Waals surface area contributed by atoms with Gasteiger partial charge in [0.2, 0.25) is 5.91 Å². The van der Waals surface area contributed by atoms with Gasteiger partial charge >= 0.3 is 0 Å². The highest BCUT2D eigenvalue weighted by Gasteiger charge is 2.30. The molecule has 1 unspecified atom stereocenters. The van der Waals surface area contributed by atoms with Gasteiger partial charge in [-0.05, 0) is 31.9 Å². The maximum Gasteiger partial charge on any atom is 0.237 e. The summed E-state index contributed by atoms with van der Waals surface area (Å²) in [4.78, 5) is 21.6. The zero-order valence-electron chi connectivity index (χ0n) is 14.5. The number of hydrogen-bond donors (Lipinski definition) is 1. The van der Waals surface area contributed by atoms with Gasteiger partial charge < -0.3 is 9.73 Å². The van der Waals surface area contributed by atoms with Crippen molar-refractivity contribution in [1.29, 1.82) is 0 Å². The van der Waals surface area contributed by atoms with Crippen molar-refractivity contribution in [3.05, 3.63) is 29.5 Å². The van der Waals surface area contributed by atoms with Gasteiger partial charge in [0.1, 0.15) is 0 Å². The molecule has 0 spiro atoms. The molecular formula is C18H24N4O2S. The van der Waals surface area contributed by atoms with Crippen molar-refractivity contribution in [3.63, 3.8) is 0 Å². The quantitative estimate of drug-likeness (QED) is 0.856. The number of thiazole rings is 1. The van der Waals surface area contributed by atoms with E-state index in [1.165, 1.54) is 0 Å². The molecule has 2 aliphatic rings. The largest absolute Gasteiger partial charge is 0.462 e. The van der Waals surface area contributed by atoms with Gasteiger partial charge in [-0.3, -0.25) is 14.6 Å². The highest BCUT2D eigenvalue weighted by atomic mass is 32.1. The van der Waals surface area contributed by atoms with Gasteiger partial charge in [-0.2, -0.15) is 0 Å². The zero-order valence-corrected chi connectivity index (χ0v) is 15.3. The lowest BCUT2D eigenvalue weighted by molar-refractivity contribution is -0.126. The van der Waals surface area contributed by atoms with E-state index in [1.54, 1.807) is 17.6 Å². The van der Waals surface area contributed by atoms with Crippen molar-refractivity contribution >= 4 is 17.2 Å². The van der Waals surface area contributed by atoms with Gasteiger partial charge in [0.05, 0.1) is 18.0 Å². The normalized spacial score (nSPS) is 20.5. The van der Waals surface area contributed by atoms with Gasteiger partial charge in [-0.15, -0.1) is 11.3 Å². The van der Waals surface area contributed by atoms with E-state index in [-0.39, 0.29) is 11.9 Å². The van der Waals surface area contributed by atoms with Crippen molar-refractivity contribution in [2.24, 2.45) is 0 Å². The van der Waals surface area contributed by atoms with Crippen LogP contribution in [0.1, 0.15) is 25.5 Å². The third-order valence-electron chi connectivity index (χ3n) is 4.93. The third kappa shape index (κ3) is 4.11. The van der Waals surface area contributed by atoms with Crippen LogP contribution in [-0.4, -0.2) is 59.0 Å². The first-order valence-corrected chi connectivity index (χ1v) is 9.82. The van der Waals surface area contributed by atoms with Crippen molar-refractivity contribution in [3.8, 4) is 10.8 Å². The Morgan fingerprint density at radius 1 is 1.40 bits per heavy atom. The summed E-state index contributed by atoms with van der Waals surface area (Å²) in [5, 5.41) is 6.15. The second-order valence-electron chi connectivity index (χ2n) is 6.89. The molecule has 1 saturated heterocycles. The molecule has 2 fully saturated rings. The Labute approximate surface area is 151 Å². The number of piperazine rings is 1. The van der Waals surface area contributed by atoms with Crippen LogP contribution < -0.4 is 5.32 Å². The van der Waals surface area contributed by atoms with E-state index in [1.807, 2.05) is 19.1 Å². The summed E-state index contributed by atoms with van der Waals surface area (Å²) in [5.74, 6) is 1.01. The maximum absolute atomic E-state index is 12.2. The molecule has 0 radical (unpaired) electrons. The number of carbonyl (C=O) groups is 1. The van der Waals surface area contributed by atoms with Crippen LogP contribution in [-0.2, 0) is 11.3 Å². The smallest absolute Gasteiger partial charge is 0.237 e. The molecule has 6 nitrogen and oxygen atoms in total. The van der Waals surface area contributed by atoms with E-state index in [9.17, 15) is 4.79 Å². The number of rotatable bonds is 6. The van der Waals surface area contributed by atoms with Crippen LogP contribution in [0.4, 0.5) is 0 Å². The van der Waals surface area contributed by atoms with E-state index in [4.69, 9.17) is 4.42 Å². The van der Waals surface area contributed by atoms with Gasteiger partial charge in [-0.25, -0.2) is 4.98 Å². The minimum Gasteiger partial charge on any atom is -0.462 e. The first kappa shape index (κ1) is 16.8. The minimum absolute atomic E-state index is 0.0347. The van der Waals surface area contributed by atoms with Gasteiger partial charge in [-0.1, -0.05) is 0 Å². The van der Waals surface area contributed by atoms with Crippen molar-refractivity contribution in [2.75, 3.05) is 26.2 Å². The Morgan fingerprint density at radius 2 is 2.20 bits per heavy atom. The third-order valence-corrected chi connectivity index (χ3v) is 5.83. The van der Waals surface area contributed by atoms with Crippen LogP contribution in [0.3, 0.4) is 0 Å². The number of aromatic nitrogens is 1. The predicted octanol–water partition coefficient (Wildman–Crippen LogP) is 2.19. The van der Waals surface area contributed by atoms with Crippen molar-refractivity contribution in [2.45, 2.75) is 38.4 Å². The SMILES string of the molecule is CC(C(=O)NC1CC1)N1CCN(Cc2csc(-c3ccco3)n2)CC1. The lowest BCUT2D eigenvalue weighted by Crippen LogP contribution is -2.53. The molecule has 0 aromatic carbocycles. The predicted molar refractivity (Wildman–Crippen MR) is 97.3 cm³/mol. The van der Waals surface area contributed by atoms with Crippen LogP contribution in [0.25, 0.3) is 10.8 Å². The number of furan rings is 1. The average molecular weight is 360 g/mol. The fraction of sp³-hybridized carbons (Fsp3) is 0.556. The highest BCUT2D eigenvalue weighted by Crippen LogP contribution is 2.25. The molecule has 7 heteroatoms. The molecule has 2 aromatic heterocycles. The molecule has 1 amide bonds. The summed E-state index contributed by atoms with van der Waals surface area (Å²) in [6.07, 6.45) is 3.95. The van der Waals surface area contributed by atoms with Crippen molar-refractivity contribution < 1.29 is 9.21 Å². The molecule has 0 bridgehead atoms. The molecule has 1 atom stereocenters. The van der Waals surface area contributed by atoms with Gasteiger partial charge in [0, 0.05) is 44.1 Å². The van der Waals surface area contributed by atoms with E-state index in [2.05, 4.69) is 25.5 Å². The lowest BCUT2D eigenvalue weighted by atomic mass is 10.2. The summed E-state index contributed by atoms with van der Waals surface area (Å²) in [5.41, 5.74) is 1.09. The number of amides is 1. The van der Waals surface area contributed by atoms with E-state index in [0.29, 0.717) is 6.04 Å². The molecule has 3 heterocycles. The van der Waals surface area contributed by atoms with Gasteiger partial charge in [0.15, 0.2) is 10.8 Å². The average Bonchev–Trinajstić information content (AvgIpc) is 3.10. The first-order valence-electron chi connectivity index (χ1n) is 8.94. The monoisotopic (exact) mass is 360 g/mol. The van der Waals surface area contributed by atoms with E-state index < -0.39 is 0 Å². The molecule has 1 saturated carbocycles. The molecule has 2 aromatic rings. The Bertz CT molecular complexity index is 702. The summed E-state index contributed by atoms with van der Waals surface area (Å²) < 4.78 is 5.41. The summed E-state index contributed by atoms with van der Waals surface area (Å²) in [6, 6.07) is 4.22. The summed E-state index contributed by atoms with van der Waals surface area (Å²) in [7, 11) is 0. The minimum atomic E-state index is -0.0347. The number of carbonyl (C=O) groups excluding carboxylic acids is 1. The highest BCUT2D eigenvalue weighted by molar-refractivity contribution is 7.13. The Balaban J connectivity index is 1.26. The Hall–Kier alpha value is -1.70. The molecule has 1 N–H and O–H groups in total. The molecular weight excluding hydrogens is 336 g/mol. The van der Waals surface area contributed by atoms with E-state index in [0.717, 1.165) is 62.0 Å². The molecule has 1 aliphatic carbocycles. The number of nitrogens with zero attached hydrogens (tertiary/aromatic N) is 3. The van der Waals surface area contributed by atoms with Gasteiger partial charge in [0.25, 0.3) is 0 Å². The second-order valence-corrected chi connectivity index (χ2v) is 7.75. The fourth-order valence-electron chi connectivity index (χ4n) is 3.15. The summed E-state index contributed by atoms with van der Waals surface area (Å²) in [6.45, 7) is 6.66. The molecule has 1 aliphatic heterocycles. The first-order chi connectivity index (χ1) is 12.2. The van der Waals surface area contributed by atoms with Crippen LogP contribution in [0.2, 0.25) is 0 Å². The second kappa shape index (κ2) is 7.27. The molecule has 134 valence electrons. The number of nitrogens with one attached hydrogen (secondary N) is 1. The summed E-state index contributed by atoms with van der Waals surface area (Å²) >= 11 is 1.62. The molecule has 25 heavy (non-hydrogen) atoms. The van der Waals surface area contributed by atoms with Crippen molar-refractivity contribution in [1.82, 2.24) is 20.1 Å².